The number of nitrogens with two attached hydrogens (primary N) is 1. The first-order valence-electron chi connectivity index (χ1n) is 6.71. The predicted octanol–water partition coefficient (Wildman–Crippen LogP) is 3.78. The van der Waals surface area contributed by atoms with E-state index in [4.69, 9.17) is 5.73 Å². The van der Waals surface area contributed by atoms with Gasteiger partial charge in [0, 0.05) is 33.4 Å². The van der Waals surface area contributed by atoms with Crippen molar-refractivity contribution >= 4 is 26.8 Å². The highest BCUT2D eigenvalue weighted by molar-refractivity contribution is 9.10. The smallest absolute Gasteiger partial charge is 0.179 e. The van der Waals surface area contributed by atoms with Gasteiger partial charge in [-0.05, 0) is 41.9 Å². The molecule has 106 valence electrons. The fraction of sp³-hybridized carbons (Fsp3) is 0.188. The lowest BCUT2D eigenvalue weighted by atomic mass is 10.1. The van der Waals surface area contributed by atoms with Gasteiger partial charge in [-0.25, -0.2) is 15.0 Å². The van der Waals surface area contributed by atoms with Crippen molar-refractivity contribution in [3.63, 3.8) is 0 Å². The number of hydrogen-bond acceptors (Lipinski definition) is 4. The summed E-state index contributed by atoms with van der Waals surface area (Å²) >= 11 is 3.56. The number of hydrogen-bond donors (Lipinski definition) is 1. The van der Waals surface area contributed by atoms with Gasteiger partial charge in [0.05, 0.1) is 5.52 Å². The molecule has 21 heavy (non-hydrogen) atoms. The second-order valence-electron chi connectivity index (χ2n) is 5.03. The molecule has 0 aliphatic carbocycles. The minimum atomic E-state index is -0.0768. The highest BCUT2D eigenvalue weighted by atomic mass is 79.9. The molecule has 0 bridgehead atoms. The van der Waals surface area contributed by atoms with Crippen LogP contribution >= 0.6 is 15.9 Å². The molecule has 0 aliphatic rings. The van der Waals surface area contributed by atoms with Crippen LogP contribution in [0.2, 0.25) is 0 Å². The van der Waals surface area contributed by atoms with Gasteiger partial charge in [-0.1, -0.05) is 18.2 Å². The molecule has 0 spiro atoms. The largest absolute Gasteiger partial charge is 0.324 e. The lowest BCUT2D eigenvalue weighted by Gasteiger charge is -2.10. The first kappa shape index (κ1) is 14.1. The third-order valence-corrected chi connectivity index (χ3v) is 4.00. The van der Waals surface area contributed by atoms with Crippen LogP contribution < -0.4 is 5.73 Å². The summed E-state index contributed by atoms with van der Waals surface area (Å²) < 4.78 is 0.883. The molecule has 2 aromatic heterocycles. The summed E-state index contributed by atoms with van der Waals surface area (Å²) in [5.41, 5.74) is 9.41. The van der Waals surface area contributed by atoms with Crippen LogP contribution in [0.25, 0.3) is 22.4 Å². The van der Waals surface area contributed by atoms with E-state index in [-0.39, 0.29) is 6.04 Å². The highest BCUT2D eigenvalue weighted by Crippen LogP contribution is 2.28. The van der Waals surface area contributed by atoms with E-state index in [0.717, 1.165) is 32.3 Å². The molecule has 3 aromatic rings. The Hall–Kier alpha value is -1.85. The van der Waals surface area contributed by atoms with Gasteiger partial charge in [-0.15, -0.1) is 0 Å². The van der Waals surface area contributed by atoms with Gasteiger partial charge in [-0.2, -0.15) is 0 Å². The van der Waals surface area contributed by atoms with Crippen LogP contribution in [0.5, 0.6) is 0 Å². The zero-order valence-electron chi connectivity index (χ0n) is 11.8. The number of aryl methyl sites for hydroxylation is 1. The van der Waals surface area contributed by atoms with Gasteiger partial charge >= 0.3 is 0 Å². The van der Waals surface area contributed by atoms with E-state index in [9.17, 15) is 0 Å². The summed E-state index contributed by atoms with van der Waals surface area (Å²) in [5.74, 6) is 0.606. The standard InChI is InChI=1S/C16H15BrN4/c1-9(18)12-8-19-16(20-10(12)2)15-13(17)7-11-5-3-4-6-14(11)21-15/h3-9H,18H2,1-2H3. The van der Waals surface area contributed by atoms with Crippen molar-refractivity contribution in [2.75, 3.05) is 0 Å². The Morgan fingerprint density at radius 3 is 2.67 bits per heavy atom. The predicted molar refractivity (Wildman–Crippen MR) is 87.8 cm³/mol. The van der Waals surface area contributed by atoms with Crippen molar-refractivity contribution in [1.29, 1.82) is 0 Å². The fourth-order valence-corrected chi connectivity index (χ4v) is 2.80. The summed E-state index contributed by atoms with van der Waals surface area (Å²) in [6.07, 6.45) is 1.78. The number of rotatable bonds is 2. The lowest BCUT2D eigenvalue weighted by molar-refractivity contribution is 0.790. The van der Waals surface area contributed by atoms with Gasteiger partial charge in [-0.3, -0.25) is 0 Å². The lowest BCUT2D eigenvalue weighted by Crippen LogP contribution is -2.09. The Morgan fingerprint density at radius 1 is 1.19 bits per heavy atom. The quantitative estimate of drug-likeness (QED) is 0.769. The maximum Gasteiger partial charge on any atom is 0.179 e. The number of pyridine rings is 1. The minimum absolute atomic E-state index is 0.0768. The molecule has 5 heteroatoms. The van der Waals surface area contributed by atoms with Crippen molar-refractivity contribution in [3.05, 3.63) is 52.3 Å². The van der Waals surface area contributed by atoms with Gasteiger partial charge in [0.25, 0.3) is 0 Å². The van der Waals surface area contributed by atoms with Crippen molar-refractivity contribution < 1.29 is 0 Å². The van der Waals surface area contributed by atoms with Gasteiger partial charge < -0.3 is 5.73 Å². The Bertz CT molecular complexity index is 814. The average Bonchev–Trinajstić information content (AvgIpc) is 2.46. The SMILES string of the molecule is Cc1nc(-c2nc3ccccc3cc2Br)ncc1C(C)N. The maximum absolute atomic E-state index is 5.90. The molecule has 2 heterocycles. The molecule has 1 unspecified atom stereocenters. The molecule has 2 N–H and O–H groups in total. The van der Waals surface area contributed by atoms with Crippen LogP contribution in [-0.4, -0.2) is 15.0 Å². The van der Waals surface area contributed by atoms with Crippen LogP contribution in [0.3, 0.4) is 0 Å². The summed E-state index contributed by atoms with van der Waals surface area (Å²) in [6.45, 7) is 3.87. The summed E-state index contributed by atoms with van der Waals surface area (Å²) in [5, 5.41) is 1.08. The van der Waals surface area contributed by atoms with E-state index in [1.54, 1.807) is 6.20 Å². The fourth-order valence-electron chi connectivity index (χ4n) is 2.28. The van der Waals surface area contributed by atoms with E-state index in [1.165, 1.54) is 0 Å². The maximum atomic E-state index is 5.90. The molecular weight excluding hydrogens is 328 g/mol. The Kier molecular flexibility index (Phi) is 3.69. The van der Waals surface area contributed by atoms with E-state index in [1.807, 2.05) is 44.2 Å². The second-order valence-corrected chi connectivity index (χ2v) is 5.89. The van der Waals surface area contributed by atoms with E-state index in [0.29, 0.717) is 5.82 Å². The zero-order valence-corrected chi connectivity index (χ0v) is 13.4. The van der Waals surface area contributed by atoms with Gasteiger partial charge in [0.1, 0.15) is 5.69 Å². The first-order valence-corrected chi connectivity index (χ1v) is 7.50. The summed E-state index contributed by atoms with van der Waals surface area (Å²) in [6, 6.07) is 9.94. The van der Waals surface area contributed by atoms with Crippen LogP contribution in [0, 0.1) is 6.92 Å². The molecular formula is C16H15BrN4. The van der Waals surface area contributed by atoms with Gasteiger partial charge in [0.15, 0.2) is 5.82 Å². The Balaban J connectivity index is 2.16. The second kappa shape index (κ2) is 5.50. The van der Waals surface area contributed by atoms with Crippen molar-refractivity contribution in [2.45, 2.75) is 19.9 Å². The number of nitrogens with zero attached hydrogens (tertiary/aromatic N) is 3. The van der Waals surface area contributed by atoms with Crippen molar-refractivity contribution in [3.8, 4) is 11.5 Å². The molecule has 0 saturated carbocycles. The van der Waals surface area contributed by atoms with Crippen LogP contribution in [0.15, 0.2) is 41.0 Å². The van der Waals surface area contributed by atoms with Crippen LogP contribution in [0.4, 0.5) is 0 Å². The Morgan fingerprint density at radius 2 is 1.95 bits per heavy atom. The monoisotopic (exact) mass is 342 g/mol. The topological polar surface area (TPSA) is 64.7 Å². The zero-order chi connectivity index (χ0) is 15.0. The summed E-state index contributed by atoms with van der Waals surface area (Å²) in [4.78, 5) is 13.6. The number of fused-ring (bicyclic) bond motifs is 1. The van der Waals surface area contributed by atoms with Gasteiger partial charge in [0.2, 0.25) is 0 Å². The van der Waals surface area contributed by atoms with E-state index in [2.05, 4.69) is 30.9 Å². The first-order chi connectivity index (χ1) is 10.1. The molecule has 1 atom stereocenters. The van der Waals surface area contributed by atoms with Crippen molar-refractivity contribution in [1.82, 2.24) is 15.0 Å². The van der Waals surface area contributed by atoms with E-state index >= 15 is 0 Å². The molecule has 1 aromatic carbocycles. The van der Waals surface area contributed by atoms with Crippen LogP contribution in [0.1, 0.15) is 24.2 Å². The minimum Gasteiger partial charge on any atom is -0.324 e. The number of halogens is 1. The Labute approximate surface area is 131 Å². The third-order valence-electron chi connectivity index (χ3n) is 3.40. The highest BCUT2D eigenvalue weighted by Gasteiger charge is 2.13. The summed E-state index contributed by atoms with van der Waals surface area (Å²) in [7, 11) is 0. The molecule has 3 rings (SSSR count). The normalized spacial score (nSPS) is 12.6. The average molecular weight is 343 g/mol. The van der Waals surface area contributed by atoms with Crippen molar-refractivity contribution in [2.24, 2.45) is 5.73 Å². The number of para-hydroxylation sites is 1. The molecule has 0 aliphatic heterocycles. The molecule has 0 fully saturated rings. The molecule has 0 radical (unpaired) electrons. The molecule has 4 nitrogen and oxygen atoms in total. The van der Waals surface area contributed by atoms with Crippen LogP contribution in [-0.2, 0) is 0 Å². The third kappa shape index (κ3) is 2.66. The number of aromatic nitrogens is 3. The number of benzene rings is 1. The van der Waals surface area contributed by atoms with E-state index < -0.39 is 0 Å². The molecule has 0 saturated heterocycles. The molecule has 0 amide bonds.